The molecule has 100 valence electrons. The van der Waals surface area contributed by atoms with Crippen LogP contribution in [0.15, 0.2) is 24.3 Å². The first-order valence-electron chi connectivity index (χ1n) is 6.65. The molecule has 19 heavy (non-hydrogen) atoms. The number of carbonyl (C=O) groups excluding carboxylic acids is 1. The van der Waals surface area contributed by atoms with Gasteiger partial charge in [0.1, 0.15) is 5.60 Å². The monoisotopic (exact) mass is 258 g/mol. The van der Waals surface area contributed by atoms with Crippen LogP contribution in [0.5, 0.6) is 0 Å². The van der Waals surface area contributed by atoms with Gasteiger partial charge in [-0.2, -0.15) is 5.10 Å². The highest BCUT2D eigenvalue weighted by atomic mass is 16.5. The van der Waals surface area contributed by atoms with E-state index in [-0.39, 0.29) is 5.78 Å². The van der Waals surface area contributed by atoms with Crippen molar-refractivity contribution in [3.05, 3.63) is 30.0 Å². The lowest BCUT2D eigenvalue weighted by atomic mass is 9.75. The van der Waals surface area contributed by atoms with Gasteiger partial charge in [-0.15, -0.1) is 0 Å². The molecule has 0 spiro atoms. The van der Waals surface area contributed by atoms with Crippen LogP contribution < -0.4 is 0 Å². The summed E-state index contributed by atoms with van der Waals surface area (Å²) >= 11 is 0. The number of benzene rings is 1. The van der Waals surface area contributed by atoms with E-state index in [0.717, 1.165) is 35.9 Å². The largest absolute Gasteiger partial charge is 0.370 e. The van der Waals surface area contributed by atoms with E-state index in [1.54, 1.807) is 7.11 Å². The van der Waals surface area contributed by atoms with Crippen LogP contribution in [-0.2, 0) is 23.0 Å². The number of carbonyl (C=O) groups is 1. The number of Topliss-reactive ketones (excluding diaryl/α,β-unsaturated/α-hetero) is 1. The molecule has 2 aromatic rings. The zero-order valence-corrected chi connectivity index (χ0v) is 11.3. The summed E-state index contributed by atoms with van der Waals surface area (Å²) in [4.78, 5) is 12.4. The van der Waals surface area contributed by atoms with Crippen LogP contribution >= 0.6 is 0 Å². The Hall–Kier alpha value is -1.68. The maximum Gasteiger partial charge on any atom is 0.170 e. The number of methoxy groups -OCH3 is 1. The second kappa shape index (κ2) is 4.46. The number of fused-ring (bicyclic) bond motifs is 1. The van der Waals surface area contributed by atoms with Crippen LogP contribution in [0.25, 0.3) is 10.9 Å². The Kier molecular flexibility index (Phi) is 2.90. The molecule has 0 radical (unpaired) electrons. The Morgan fingerprint density at radius 2 is 2.16 bits per heavy atom. The van der Waals surface area contributed by atoms with E-state index in [9.17, 15) is 4.79 Å². The predicted molar refractivity (Wildman–Crippen MR) is 73.0 cm³/mol. The molecule has 0 saturated heterocycles. The molecule has 1 aliphatic rings. The summed E-state index contributed by atoms with van der Waals surface area (Å²) in [5.41, 5.74) is 1.37. The number of ketones is 1. The third-order valence-electron chi connectivity index (χ3n) is 4.22. The third kappa shape index (κ3) is 1.87. The molecule has 0 N–H and O–H groups in total. The minimum Gasteiger partial charge on any atom is -0.370 e. The van der Waals surface area contributed by atoms with Crippen molar-refractivity contribution in [2.75, 3.05) is 7.11 Å². The molecule has 0 bridgehead atoms. The van der Waals surface area contributed by atoms with Crippen LogP contribution in [0.2, 0.25) is 0 Å². The van der Waals surface area contributed by atoms with Crippen molar-refractivity contribution >= 4 is 16.7 Å². The molecule has 0 aliphatic heterocycles. The van der Waals surface area contributed by atoms with Gasteiger partial charge in [0.25, 0.3) is 0 Å². The summed E-state index contributed by atoms with van der Waals surface area (Å²) in [5, 5.41) is 5.54. The van der Waals surface area contributed by atoms with Gasteiger partial charge in [-0.1, -0.05) is 18.2 Å². The van der Waals surface area contributed by atoms with Gasteiger partial charge in [0, 0.05) is 19.5 Å². The third-order valence-corrected chi connectivity index (χ3v) is 4.22. The maximum atomic E-state index is 12.4. The quantitative estimate of drug-likeness (QED) is 0.845. The molecular formula is C15H18N2O2. The van der Waals surface area contributed by atoms with Gasteiger partial charge in [-0.3, -0.25) is 9.48 Å². The molecule has 0 amide bonds. The van der Waals surface area contributed by atoms with Crippen molar-refractivity contribution in [3.8, 4) is 0 Å². The number of nitrogens with zero attached hydrogens (tertiary/aromatic N) is 2. The minimum absolute atomic E-state index is 0.158. The second-order valence-corrected chi connectivity index (χ2v) is 5.24. The number of aromatic nitrogens is 2. The summed E-state index contributed by atoms with van der Waals surface area (Å²) in [7, 11) is 3.54. The van der Waals surface area contributed by atoms with Crippen molar-refractivity contribution < 1.29 is 9.53 Å². The normalized spacial score (nSPS) is 17.4. The van der Waals surface area contributed by atoms with Gasteiger partial charge in [0.2, 0.25) is 0 Å². The van der Waals surface area contributed by atoms with Crippen molar-refractivity contribution in [2.45, 2.75) is 31.3 Å². The van der Waals surface area contributed by atoms with Gasteiger partial charge in [-0.05, 0) is 25.3 Å². The predicted octanol–water partition coefficient (Wildman–Crippen LogP) is 2.25. The number of hydrogen-bond donors (Lipinski definition) is 0. The van der Waals surface area contributed by atoms with E-state index in [1.807, 2.05) is 36.0 Å². The highest BCUT2D eigenvalue weighted by Crippen LogP contribution is 2.37. The van der Waals surface area contributed by atoms with Crippen molar-refractivity contribution in [2.24, 2.45) is 7.05 Å². The molecule has 1 aromatic heterocycles. The smallest absolute Gasteiger partial charge is 0.170 e. The second-order valence-electron chi connectivity index (χ2n) is 5.24. The number of ether oxygens (including phenoxy) is 1. The van der Waals surface area contributed by atoms with Crippen LogP contribution in [0, 0.1) is 0 Å². The van der Waals surface area contributed by atoms with E-state index in [1.165, 1.54) is 0 Å². The highest BCUT2D eigenvalue weighted by Gasteiger charge is 2.44. The molecular weight excluding hydrogens is 240 g/mol. The van der Waals surface area contributed by atoms with Gasteiger partial charge in [0.15, 0.2) is 5.78 Å². The zero-order chi connectivity index (χ0) is 13.5. The van der Waals surface area contributed by atoms with E-state index in [4.69, 9.17) is 4.74 Å². The summed E-state index contributed by atoms with van der Waals surface area (Å²) in [6.45, 7) is 0. The molecule has 0 unspecified atom stereocenters. The van der Waals surface area contributed by atoms with Crippen molar-refractivity contribution in [3.63, 3.8) is 0 Å². The van der Waals surface area contributed by atoms with E-state index < -0.39 is 5.60 Å². The Morgan fingerprint density at radius 3 is 2.79 bits per heavy atom. The maximum absolute atomic E-state index is 12.4. The van der Waals surface area contributed by atoms with Crippen LogP contribution in [0.3, 0.4) is 0 Å². The van der Waals surface area contributed by atoms with E-state index >= 15 is 0 Å². The molecule has 1 aliphatic carbocycles. The summed E-state index contributed by atoms with van der Waals surface area (Å²) in [6.07, 6.45) is 3.11. The average molecular weight is 258 g/mol. The van der Waals surface area contributed by atoms with Gasteiger partial charge < -0.3 is 4.74 Å². The Balaban J connectivity index is 1.91. The first kappa shape index (κ1) is 12.4. The van der Waals surface area contributed by atoms with Gasteiger partial charge in [0.05, 0.1) is 17.6 Å². The lowest BCUT2D eigenvalue weighted by Gasteiger charge is -2.38. The molecule has 1 heterocycles. The fourth-order valence-corrected chi connectivity index (χ4v) is 2.83. The highest BCUT2D eigenvalue weighted by molar-refractivity contribution is 5.93. The van der Waals surface area contributed by atoms with Crippen LogP contribution in [-0.4, -0.2) is 28.3 Å². The first-order chi connectivity index (χ1) is 9.16. The standard InChI is InChI=1S/C15H18N2O2/c1-17-13-7-4-3-6-11(13)12(16-17)10-14(18)15(19-2)8-5-9-15/h3-4,6-7H,5,8-10H2,1-2H3. The SMILES string of the molecule is COC1(C(=O)Cc2nn(C)c3ccccc23)CCC1. The van der Waals surface area contributed by atoms with Crippen LogP contribution in [0.4, 0.5) is 0 Å². The Bertz CT molecular complexity index is 621. The minimum atomic E-state index is -0.543. The average Bonchev–Trinajstić information content (AvgIpc) is 2.66. The number of rotatable bonds is 4. The van der Waals surface area contributed by atoms with E-state index in [0.29, 0.717) is 6.42 Å². The molecule has 1 fully saturated rings. The summed E-state index contributed by atoms with van der Waals surface area (Å²) < 4.78 is 7.27. The zero-order valence-electron chi connectivity index (χ0n) is 11.3. The van der Waals surface area contributed by atoms with Crippen molar-refractivity contribution in [1.29, 1.82) is 0 Å². The number of para-hydroxylation sites is 1. The fourth-order valence-electron chi connectivity index (χ4n) is 2.83. The summed E-state index contributed by atoms with van der Waals surface area (Å²) in [6, 6.07) is 8.00. The van der Waals surface area contributed by atoms with Gasteiger partial charge >= 0.3 is 0 Å². The fraction of sp³-hybridized carbons (Fsp3) is 0.467. The lowest BCUT2D eigenvalue weighted by Crippen LogP contribution is -2.47. The van der Waals surface area contributed by atoms with Gasteiger partial charge in [-0.25, -0.2) is 0 Å². The lowest BCUT2D eigenvalue weighted by molar-refractivity contribution is -0.151. The van der Waals surface area contributed by atoms with Crippen molar-refractivity contribution in [1.82, 2.24) is 9.78 Å². The molecule has 0 atom stereocenters. The van der Waals surface area contributed by atoms with Crippen LogP contribution in [0.1, 0.15) is 25.0 Å². The molecule has 1 saturated carbocycles. The molecule has 4 nitrogen and oxygen atoms in total. The summed E-state index contributed by atoms with van der Waals surface area (Å²) in [5.74, 6) is 0.158. The Morgan fingerprint density at radius 1 is 1.42 bits per heavy atom. The number of aryl methyl sites for hydroxylation is 1. The first-order valence-corrected chi connectivity index (χ1v) is 6.65. The molecule has 3 rings (SSSR count). The molecule has 4 heteroatoms. The topological polar surface area (TPSA) is 44.1 Å². The number of hydrogen-bond acceptors (Lipinski definition) is 3. The van der Waals surface area contributed by atoms with E-state index in [2.05, 4.69) is 5.10 Å². The molecule has 1 aromatic carbocycles. The Labute approximate surface area is 112 Å².